The Kier molecular flexibility index (Phi) is 4.01. The minimum atomic E-state index is -0.489. The molecule has 0 aromatic carbocycles. The van der Waals surface area contributed by atoms with E-state index in [1.807, 2.05) is 6.07 Å². The summed E-state index contributed by atoms with van der Waals surface area (Å²) in [7, 11) is 0. The van der Waals surface area contributed by atoms with E-state index in [1.54, 1.807) is 0 Å². The number of halogens is 1. The molecule has 1 saturated heterocycles. The first-order valence-electron chi connectivity index (χ1n) is 7.45. The molecule has 3 rings (SSSR count). The maximum Gasteiger partial charge on any atom is 0.224 e. The Morgan fingerprint density at radius 3 is 2.86 bits per heavy atom. The van der Waals surface area contributed by atoms with Gasteiger partial charge in [0.2, 0.25) is 5.28 Å². The zero-order valence-corrected chi connectivity index (χ0v) is 12.9. The molecule has 1 aliphatic carbocycles. The van der Waals surface area contributed by atoms with Crippen LogP contribution in [0.25, 0.3) is 0 Å². The van der Waals surface area contributed by atoms with E-state index in [-0.39, 0.29) is 11.3 Å². The van der Waals surface area contributed by atoms with Gasteiger partial charge in [0.05, 0.1) is 36.4 Å². The van der Waals surface area contributed by atoms with Crippen LogP contribution < -0.4 is 4.90 Å². The van der Waals surface area contributed by atoms with Gasteiger partial charge in [0.25, 0.3) is 0 Å². The fourth-order valence-electron chi connectivity index (χ4n) is 3.27. The number of nitriles is 1. The summed E-state index contributed by atoms with van der Waals surface area (Å²) in [6.45, 7) is 4.25. The highest BCUT2D eigenvalue weighted by Gasteiger charge is 2.38. The van der Waals surface area contributed by atoms with Gasteiger partial charge in [0, 0.05) is 12.6 Å². The van der Waals surface area contributed by atoms with Crippen LogP contribution in [0.5, 0.6) is 0 Å². The summed E-state index contributed by atoms with van der Waals surface area (Å²) in [6.07, 6.45) is 3.85. The van der Waals surface area contributed by atoms with Crippen LogP contribution in [0.15, 0.2) is 6.07 Å². The van der Waals surface area contributed by atoms with E-state index in [4.69, 9.17) is 16.3 Å². The summed E-state index contributed by atoms with van der Waals surface area (Å²) >= 11 is 6.12. The monoisotopic (exact) mass is 306 g/mol. The minimum absolute atomic E-state index is 0.225. The van der Waals surface area contributed by atoms with Gasteiger partial charge in [-0.2, -0.15) is 5.26 Å². The fraction of sp³-hybridized carbons (Fsp3) is 0.667. The Balaban J connectivity index is 1.98. The molecule has 0 radical (unpaired) electrons. The summed E-state index contributed by atoms with van der Waals surface area (Å²) in [5.41, 5.74) is 0.285. The van der Waals surface area contributed by atoms with E-state index < -0.39 is 5.41 Å². The molecule has 112 valence electrons. The molecule has 0 amide bonds. The highest BCUT2D eigenvalue weighted by molar-refractivity contribution is 6.28. The van der Waals surface area contributed by atoms with Gasteiger partial charge in [-0.15, -0.1) is 0 Å². The molecule has 2 heterocycles. The number of rotatable bonds is 2. The van der Waals surface area contributed by atoms with E-state index in [9.17, 15) is 5.26 Å². The molecule has 2 aliphatic rings. The molecular formula is C15H19ClN4O. The number of hydrogen-bond donors (Lipinski definition) is 0. The molecular weight excluding hydrogens is 288 g/mol. The average molecular weight is 307 g/mol. The van der Waals surface area contributed by atoms with Crippen LogP contribution in [-0.2, 0) is 10.2 Å². The Morgan fingerprint density at radius 2 is 2.19 bits per heavy atom. The second-order valence-corrected chi connectivity index (χ2v) is 6.24. The lowest BCUT2D eigenvalue weighted by atomic mass is 9.84. The molecule has 0 spiro atoms. The molecule has 1 aromatic heterocycles. The lowest BCUT2D eigenvalue weighted by molar-refractivity contribution is 0.0985. The Morgan fingerprint density at radius 1 is 1.43 bits per heavy atom. The second kappa shape index (κ2) is 5.78. The van der Waals surface area contributed by atoms with Crippen molar-refractivity contribution < 1.29 is 4.74 Å². The molecule has 0 N–H and O–H groups in total. The predicted molar refractivity (Wildman–Crippen MR) is 80.4 cm³/mol. The number of aromatic nitrogens is 2. The second-order valence-electron chi connectivity index (χ2n) is 5.90. The van der Waals surface area contributed by atoms with Crippen molar-refractivity contribution in [2.75, 3.05) is 24.7 Å². The summed E-state index contributed by atoms with van der Waals surface area (Å²) in [6, 6.07) is 4.67. The Bertz CT molecular complexity index is 565. The Labute approximate surface area is 129 Å². The molecule has 1 saturated carbocycles. The van der Waals surface area contributed by atoms with Gasteiger partial charge < -0.3 is 9.64 Å². The number of hydrogen-bond acceptors (Lipinski definition) is 5. The van der Waals surface area contributed by atoms with Gasteiger partial charge in [0.1, 0.15) is 5.82 Å². The third-order valence-corrected chi connectivity index (χ3v) is 4.68. The van der Waals surface area contributed by atoms with E-state index in [2.05, 4.69) is 27.9 Å². The molecule has 1 unspecified atom stereocenters. The zero-order valence-electron chi connectivity index (χ0n) is 12.2. The third-order valence-electron chi connectivity index (χ3n) is 4.51. The van der Waals surface area contributed by atoms with Crippen LogP contribution >= 0.6 is 11.6 Å². The third kappa shape index (κ3) is 2.70. The van der Waals surface area contributed by atoms with Crippen LogP contribution in [0.2, 0.25) is 5.28 Å². The smallest absolute Gasteiger partial charge is 0.224 e. The van der Waals surface area contributed by atoms with Crippen molar-refractivity contribution in [1.29, 1.82) is 5.26 Å². The normalized spacial score (nSPS) is 24.8. The summed E-state index contributed by atoms with van der Waals surface area (Å²) in [5.74, 6) is 0.808. The van der Waals surface area contributed by atoms with Crippen molar-refractivity contribution in [2.45, 2.75) is 44.1 Å². The molecule has 0 bridgehead atoms. The largest absolute Gasteiger partial charge is 0.377 e. The van der Waals surface area contributed by atoms with Crippen molar-refractivity contribution >= 4 is 17.4 Å². The van der Waals surface area contributed by atoms with Gasteiger partial charge >= 0.3 is 0 Å². The summed E-state index contributed by atoms with van der Waals surface area (Å²) in [4.78, 5) is 10.9. The van der Waals surface area contributed by atoms with Gasteiger partial charge in [-0.05, 0) is 31.4 Å². The van der Waals surface area contributed by atoms with Crippen LogP contribution in [0.4, 0.5) is 5.82 Å². The molecule has 21 heavy (non-hydrogen) atoms. The van der Waals surface area contributed by atoms with E-state index in [0.717, 1.165) is 43.7 Å². The first kappa shape index (κ1) is 14.6. The van der Waals surface area contributed by atoms with Crippen molar-refractivity contribution in [2.24, 2.45) is 0 Å². The van der Waals surface area contributed by atoms with Crippen LogP contribution in [0.1, 0.15) is 38.3 Å². The number of ether oxygens (including phenoxy) is 1. The topological polar surface area (TPSA) is 62.0 Å². The van der Waals surface area contributed by atoms with Gasteiger partial charge in [-0.1, -0.05) is 12.8 Å². The van der Waals surface area contributed by atoms with Crippen molar-refractivity contribution in [3.05, 3.63) is 17.0 Å². The molecule has 1 aliphatic heterocycles. The molecule has 2 fully saturated rings. The fourth-order valence-corrected chi connectivity index (χ4v) is 3.45. The maximum atomic E-state index is 9.63. The minimum Gasteiger partial charge on any atom is -0.377 e. The Hall–Kier alpha value is -1.38. The molecule has 5 nitrogen and oxygen atoms in total. The SMILES string of the molecule is CC1COCCN1c1cc(C2(C#N)CCCC2)nc(Cl)n1. The van der Waals surface area contributed by atoms with E-state index >= 15 is 0 Å². The predicted octanol–water partition coefficient (Wildman–Crippen LogP) is 2.69. The summed E-state index contributed by atoms with van der Waals surface area (Å²) < 4.78 is 5.46. The van der Waals surface area contributed by atoms with Crippen LogP contribution in [-0.4, -0.2) is 35.8 Å². The highest BCUT2D eigenvalue weighted by Crippen LogP contribution is 2.40. The van der Waals surface area contributed by atoms with Crippen molar-refractivity contribution in [3.8, 4) is 6.07 Å². The zero-order chi connectivity index (χ0) is 14.9. The number of anilines is 1. The van der Waals surface area contributed by atoms with Crippen LogP contribution in [0, 0.1) is 11.3 Å². The standard InChI is InChI=1S/C15H19ClN4O/c1-11-9-21-7-6-20(11)13-8-12(18-14(16)19-13)15(10-17)4-2-3-5-15/h8,11H,2-7,9H2,1H3. The van der Waals surface area contributed by atoms with Gasteiger partial charge in [-0.25, -0.2) is 9.97 Å². The molecule has 1 aromatic rings. The van der Waals surface area contributed by atoms with Gasteiger partial charge in [-0.3, -0.25) is 0 Å². The first-order chi connectivity index (χ1) is 10.1. The van der Waals surface area contributed by atoms with Crippen LogP contribution in [0.3, 0.4) is 0 Å². The molecule has 1 atom stereocenters. The molecule has 6 heteroatoms. The highest BCUT2D eigenvalue weighted by atomic mass is 35.5. The lowest BCUT2D eigenvalue weighted by Crippen LogP contribution is -2.44. The summed E-state index contributed by atoms with van der Waals surface area (Å²) in [5, 5.41) is 9.85. The number of nitrogens with zero attached hydrogens (tertiary/aromatic N) is 4. The maximum absolute atomic E-state index is 9.63. The van der Waals surface area contributed by atoms with Crippen molar-refractivity contribution in [3.63, 3.8) is 0 Å². The first-order valence-corrected chi connectivity index (χ1v) is 7.83. The van der Waals surface area contributed by atoms with E-state index in [0.29, 0.717) is 13.2 Å². The van der Waals surface area contributed by atoms with Crippen molar-refractivity contribution in [1.82, 2.24) is 9.97 Å². The average Bonchev–Trinajstić information content (AvgIpc) is 2.97. The quantitative estimate of drug-likeness (QED) is 0.786. The lowest BCUT2D eigenvalue weighted by Gasteiger charge is -2.34. The number of morpholine rings is 1. The van der Waals surface area contributed by atoms with E-state index in [1.165, 1.54) is 0 Å². The van der Waals surface area contributed by atoms with Gasteiger partial charge in [0.15, 0.2) is 0 Å².